The number of amides is 4. The van der Waals surface area contributed by atoms with Gasteiger partial charge in [-0.3, -0.25) is 19.8 Å². The Bertz CT molecular complexity index is 699. The first-order chi connectivity index (χ1) is 12.4. The number of carbonyl (C=O) groups excluding carboxylic acids is 3. The lowest BCUT2D eigenvalue weighted by atomic mass is 10.1. The topological polar surface area (TPSA) is 81.8 Å². The maximum atomic E-state index is 12.5. The van der Waals surface area contributed by atoms with Crippen LogP contribution in [0, 0.1) is 0 Å². The fourth-order valence-corrected chi connectivity index (χ4v) is 3.14. The summed E-state index contributed by atoms with van der Waals surface area (Å²) >= 11 is 5.95. The second kappa shape index (κ2) is 8.05. The van der Waals surface area contributed by atoms with E-state index in [4.69, 9.17) is 11.6 Å². The van der Waals surface area contributed by atoms with Gasteiger partial charge in [-0.2, -0.15) is 0 Å². The third-order valence-corrected chi connectivity index (χ3v) is 4.98. The Balaban J connectivity index is 1.48. The molecule has 0 aromatic heterocycles. The van der Waals surface area contributed by atoms with Crippen molar-refractivity contribution in [2.75, 3.05) is 26.2 Å². The van der Waals surface area contributed by atoms with Crippen LogP contribution in [0.4, 0.5) is 4.79 Å². The average Bonchev–Trinajstić information content (AvgIpc) is 3.44. The number of piperazine rings is 1. The van der Waals surface area contributed by atoms with Gasteiger partial charge in [-0.25, -0.2) is 4.79 Å². The number of halogens is 1. The molecule has 2 aliphatic rings. The average molecular weight is 379 g/mol. The van der Waals surface area contributed by atoms with E-state index < -0.39 is 12.1 Å². The van der Waals surface area contributed by atoms with Crippen molar-refractivity contribution >= 4 is 29.4 Å². The Labute approximate surface area is 157 Å². The third kappa shape index (κ3) is 4.74. The molecule has 7 nitrogen and oxygen atoms in total. The van der Waals surface area contributed by atoms with Crippen molar-refractivity contribution in [1.29, 1.82) is 0 Å². The van der Waals surface area contributed by atoms with Crippen molar-refractivity contribution in [3.63, 3.8) is 0 Å². The predicted molar refractivity (Wildman–Crippen MR) is 98.1 cm³/mol. The summed E-state index contributed by atoms with van der Waals surface area (Å²) in [4.78, 5) is 40.2. The van der Waals surface area contributed by atoms with E-state index in [0.29, 0.717) is 36.8 Å². The Morgan fingerprint density at radius 3 is 2.46 bits per heavy atom. The lowest BCUT2D eigenvalue weighted by Gasteiger charge is -2.37. The number of carbonyl (C=O) groups is 3. The molecular weight excluding hydrogens is 356 g/mol. The Hall–Kier alpha value is -2.12. The highest BCUT2D eigenvalue weighted by Crippen LogP contribution is 2.18. The first-order valence-corrected chi connectivity index (χ1v) is 9.22. The summed E-state index contributed by atoms with van der Waals surface area (Å²) in [6, 6.07) is 6.24. The molecule has 1 unspecified atom stereocenters. The molecule has 0 radical (unpaired) electrons. The molecule has 26 heavy (non-hydrogen) atoms. The number of urea groups is 1. The standard InChI is InChI=1S/C18H23ClN4O3/c1-12(16(24)21-18(26)20-15-5-6-15)22-7-9-23(10-8-22)17(25)13-3-2-4-14(19)11-13/h2-4,11-12,15H,5-10H2,1H3,(H2,20,21,24,26). The minimum Gasteiger partial charge on any atom is -0.336 e. The van der Waals surface area contributed by atoms with E-state index >= 15 is 0 Å². The molecule has 2 fully saturated rings. The molecule has 8 heteroatoms. The fraction of sp³-hybridized carbons (Fsp3) is 0.500. The first-order valence-electron chi connectivity index (χ1n) is 8.84. The number of hydrogen-bond donors (Lipinski definition) is 2. The molecule has 1 aromatic carbocycles. The number of rotatable bonds is 4. The molecular formula is C18H23ClN4O3. The van der Waals surface area contributed by atoms with Crippen molar-refractivity contribution in [2.45, 2.75) is 31.8 Å². The molecule has 1 heterocycles. The number of nitrogens with zero attached hydrogens (tertiary/aromatic N) is 2. The molecule has 3 rings (SSSR count). The summed E-state index contributed by atoms with van der Waals surface area (Å²) in [5.41, 5.74) is 0.563. The van der Waals surface area contributed by atoms with E-state index in [1.54, 1.807) is 36.1 Å². The van der Waals surface area contributed by atoms with Gasteiger partial charge >= 0.3 is 6.03 Å². The lowest BCUT2D eigenvalue weighted by molar-refractivity contribution is -0.125. The second-order valence-electron chi connectivity index (χ2n) is 6.75. The smallest absolute Gasteiger partial charge is 0.321 e. The van der Waals surface area contributed by atoms with E-state index in [1.165, 1.54) is 0 Å². The van der Waals surface area contributed by atoms with Crippen LogP contribution in [0.15, 0.2) is 24.3 Å². The summed E-state index contributed by atoms with van der Waals surface area (Å²) in [5, 5.41) is 5.65. The van der Waals surface area contributed by atoms with Crippen molar-refractivity contribution in [3.05, 3.63) is 34.9 Å². The second-order valence-corrected chi connectivity index (χ2v) is 7.19. The van der Waals surface area contributed by atoms with Crippen molar-refractivity contribution < 1.29 is 14.4 Å². The molecule has 1 saturated carbocycles. The van der Waals surface area contributed by atoms with E-state index in [1.807, 2.05) is 4.90 Å². The summed E-state index contributed by atoms with van der Waals surface area (Å²) in [6.07, 6.45) is 1.94. The minimum atomic E-state index is -0.431. The largest absolute Gasteiger partial charge is 0.336 e. The van der Waals surface area contributed by atoms with Crippen LogP contribution in [0.2, 0.25) is 5.02 Å². The Morgan fingerprint density at radius 1 is 1.15 bits per heavy atom. The Kier molecular flexibility index (Phi) is 5.78. The monoisotopic (exact) mass is 378 g/mol. The van der Waals surface area contributed by atoms with Gasteiger partial charge in [0.05, 0.1) is 6.04 Å². The zero-order valence-corrected chi connectivity index (χ0v) is 15.5. The van der Waals surface area contributed by atoms with Crippen LogP contribution in [-0.2, 0) is 4.79 Å². The maximum Gasteiger partial charge on any atom is 0.321 e. The van der Waals surface area contributed by atoms with Crippen LogP contribution in [0.25, 0.3) is 0 Å². The molecule has 2 N–H and O–H groups in total. The summed E-state index contributed by atoms with van der Waals surface area (Å²) in [7, 11) is 0. The van der Waals surface area contributed by atoms with Gasteiger partial charge in [-0.15, -0.1) is 0 Å². The summed E-state index contributed by atoms with van der Waals surface area (Å²) in [5.74, 6) is -0.383. The van der Waals surface area contributed by atoms with Crippen LogP contribution >= 0.6 is 11.6 Å². The highest BCUT2D eigenvalue weighted by atomic mass is 35.5. The van der Waals surface area contributed by atoms with Gasteiger partial charge in [0.15, 0.2) is 0 Å². The first kappa shape index (κ1) is 18.7. The van der Waals surface area contributed by atoms with E-state index in [9.17, 15) is 14.4 Å². The van der Waals surface area contributed by atoms with Gasteiger partial charge < -0.3 is 10.2 Å². The van der Waals surface area contributed by atoms with Gasteiger partial charge in [-0.05, 0) is 38.0 Å². The number of imide groups is 1. The highest BCUT2D eigenvalue weighted by Gasteiger charge is 2.30. The van der Waals surface area contributed by atoms with Crippen LogP contribution in [-0.4, -0.2) is 65.9 Å². The van der Waals surface area contributed by atoms with Crippen molar-refractivity contribution in [1.82, 2.24) is 20.4 Å². The Morgan fingerprint density at radius 2 is 1.85 bits per heavy atom. The van der Waals surface area contributed by atoms with Crippen LogP contribution in [0.3, 0.4) is 0 Å². The minimum absolute atomic E-state index is 0.0620. The van der Waals surface area contributed by atoms with Gasteiger partial charge in [0, 0.05) is 42.8 Å². The molecule has 1 saturated heterocycles. The molecule has 1 aliphatic carbocycles. The molecule has 1 aliphatic heterocycles. The van der Waals surface area contributed by atoms with E-state index in [2.05, 4.69) is 10.6 Å². The van der Waals surface area contributed by atoms with Gasteiger partial charge in [-0.1, -0.05) is 17.7 Å². The number of nitrogens with one attached hydrogen (secondary N) is 2. The normalized spacial score (nSPS) is 18.9. The van der Waals surface area contributed by atoms with Crippen LogP contribution in [0.5, 0.6) is 0 Å². The fourth-order valence-electron chi connectivity index (χ4n) is 2.95. The van der Waals surface area contributed by atoms with Gasteiger partial charge in [0.2, 0.25) is 5.91 Å². The zero-order valence-electron chi connectivity index (χ0n) is 14.7. The van der Waals surface area contributed by atoms with Crippen LogP contribution < -0.4 is 10.6 Å². The predicted octanol–water partition coefficient (Wildman–Crippen LogP) is 1.47. The summed E-state index contributed by atoms with van der Waals surface area (Å²) < 4.78 is 0. The molecule has 1 atom stereocenters. The van der Waals surface area contributed by atoms with Crippen molar-refractivity contribution in [3.8, 4) is 0 Å². The molecule has 0 bridgehead atoms. The SMILES string of the molecule is CC(C(=O)NC(=O)NC1CC1)N1CCN(C(=O)c2cccc(Cl)c2)CC1. The van der Waals surface area contributed by atoms with E-state index in [0.717, 1.165) is 12.8 Å². The lowest BCUT2D eigenvalue weighted by Crippen LogP contribution is -2.56. The van der Waals surface area contributed by atoms with Crippen LogP contribution in [0.1, 0.15) is 30.1 Å². The molecule has 1 aromatic rings. The zero-order chi connectivity index (χ0) is 18.7. The van der Waals surface area contributed by atoms with Gasteiger partial charge in [0.25, 0.3) is 5.91 Å². The van der Waals surface area contributed by atoms with Gasteiger partial charge in [0.1, 0.15) is 0 Å². The quantitative estimate of drug-likeness (QED) is 0.831. The number of benzene rings is 1. The number of hydrogen-bond acceptors (Lipinski definition) is 4. The van der Waals surface area contributed by atoms with E-state index in [-0.39, 0.29) is 17.9 Å². The highest BCUT2D eigenvalue weighted by molar-refractivity contribution is 6.30. The molecule has 4 amide bonds. The molecule has 0 spiro atoms. The third-order valence-electron chi connectivity index (χ3n) is 4.75. The summed E-state index contributed by atoms with van der Waals surface area (Å²) in [6.45, 7) is 3.97. The molecule has 140 valence electrons. The maximum absolute atomic E-state index is 12.5. The van der Waals surface area contributed by atoms with Crippen molar-refractivity contribution in [2.24, 2.45) is 0 Å².